The Morgan fingerprint density at radius 1 is 1.23 bits per heavy atom. The van der Waals surface area contributed by atoms with Gasteiger partial charge in [-0.3, -0.25) is 0 Å². The highest BCUT2D eigenvalue weighted by molar-refractivity contribution is 9.10. The van der Waals surface area contributed by atoms with Crippen LogP contribution < -0.4 is 9.62 Å². The first-order valence-electron chi connectivity index (χ1n) is 7.19. The van der Waals surface area contributed by atoms with Crippen molar-refractivity contribution in [2.75, 3.05) is 24.2 Å². The van der Waals surface area contributed by atoms with Crippen LogP contribution in [0.3, 0.4) is 0 Å². The first kappa shape index (κ1) is 15.7. The normalized spacial score (nSPS) is 17.1. The molecular formula is C15H18BrN3O2S. The first-order chi connectivity index (χ1) is 10.4. The molecule has 0 atom stereocenters. The van der Waals surface area contributed by atoms with Gasteiger partial charge < -0.3 is 4.90 Å². The molecule has 0 radical (unpaired) electrons. The third-order valence-corrected chi connectivity index (χ3v) is 5.09. The molecule has 0 spiro atoms. The number of nitrogens with zero attached hydrogens (tertiary/aromatic N) is 2. The van der Waals surface area contributed by atoms with Gasteiger partial charge in [0.15, 0.2) is 0 Å². The van der Waals surface area contributed by atoms with Crippen molar-refractivity contribution in [3.63, 3.8) is 0 Å². The maximum atomic E-state index is 11.3. The maximum Gasteiger partial charge on any atom is 0.208 e. The summed E-state index contributed by atoms with van der Waals surface area (Å²) in [5.74, 6) is 0.948. The molecule has 1 aromatic carbocycles. The Hall–Kier alpha value is -1.18. The molecule has 0 aliphatic carbocycles. The number of rotatable bonds is 3. The van der Waals surface area contributed by atoms with Crippen molar-refractivity contribution in [2.45, 2.75) is 18.9 Å². The van der Waals surface area contributed by atoms with E-state index in [9.17, 15) is 8.42 Å². The molecule has 3 rings (SSSR count). The van der Waals surface area contributed by atoms with Crippen LogP contribution in [-0.4, -0.2) is 38.8 Å². The smallest absolute Gasteiger partial charge is 0.208 e. The number of hydrogen-bond acceptors (Lipinski definition) is 4. The van der Waals surface area contributed by atoms with Crippen molar-refractivity contribution in [2.24, 2.45) is 0 Å². The van der Waals surface area contributed by atoms with E-state index >= 15 is 0 Å². The van der Waals surface area contributed by atoms with E-state index in [0.29, 0.717) is 0 Å². The highest BCUT2D eigenvalue weighted by Crippen LogP contribution is 2.23. The molecule has 0 bridgehead atoms. The van der Waals surface area contributed by atoms with Gasteiger partial charge in [-0.15, -0.1) is 0 Å². The Morgan fingerprint density at radius 2 is 1.91 bits per heavy atom. The number of benzene rings is 1. The third kappa shape index (κ3) is 3.77. The van der Waals surface area contributed by atoms with Crippen LogP contribution in [0.25, 0.3) is 10.9 Å². The number of aromatic nitrogens is 1. The van der Waals surface area contributed by atoms with Crippen LogP contribution in [0, 0.1) is 0 Å². The molecule has 118 valence electrons. The van der Waals surface area contributed by atoms with Crippen LogP contribution >= 0.6 is 15.9 Å². The van der Waals surface area contributed by atoms with Gasteiger partial charge in [0, 0.05) is 29.0 Å². The molecular weight excluding hydrogens is 366 g/mol. The van der Waals surface area contributed by atoms with Crippen molar-refractivity contribution in [1.29, 1.82) is 0 Å². The summed E-state index contributed by atoms with van der Waals surface area (Å²) in [7, 11) is -3.13. The fraction of sp³-hybridized carbons (Fsp3) is 0.400. The molecule has 0 saturated carbocycles. The lowest BCUT2D eigenvalue weighted by atomic mass is 10.1. The average Bonchev–Trinajstić information content (AvgIpc) is 2.45. The van der Waals surface area contributed by atoms with E-state index in [0.717, 1.165) is 47.1 Å². The molecule has 7 heteroatoms. The second-order valence-electron chi connectivity index (χ2n) is 5.66. The van der Waals surface area contributed by atoms with E-state index in [-0.39, 0.29) is 6.04 Å². The van der Waals surface area contributed by atoms with Crippen molar-refractivity contribution in [1.82, 2.24) is 9.71 Å². The van der Waals surface area contributed by atoms with Crippen LogP contribution in [0.4, 0.5) is 5.82 Å². The minimum absolute atomic E-state index is 0.0286. The van der Waals surface area contributed by atoms with Crippen LogP contribution in [0.15, 0.2) is 34.8 Å². The average molecular weight is 384 g/mol. The third-order valence-electron chi connectivity index (χ3n) is 3.84. The number of anilines is 1. The minimum Gasteiger partial charge on any atom is -0.356 e. The number of halogens is 1. The van der Waals surface area contributed by atoms with Crippen molar-refractivity contribution in [3.8, 4) is 0 Å². The largest absolute Gasteiger partial charge is 0.356 e. The second-order valence-corrected chi connectivity index (χ2v) is 8.35. The number of piperidine rings is 1. The van der Waals surface area contributed by atoms with Gasteiger partial charge in [0.05, 0.1) is 11.8 Å². The van der Waals surface area contributed by atoms with E-state index in [4.69, 9.17) is 4.98 Å². The Labute approximate surface area is 138 Å². The van der Waals surface area contributed by atoms with Crippen molar-refractivity contribution in [3.05, 3.63) is 34.8 Å². The molecule has 5 nitrogen and oxygen atoms in total. The van der Waals surface area contributed by atoms with Gasteiger partial charge in [0.2, 0.25) is 10.0 Å². The summed E-state index contributed by atoms with van der Waals surface area (Å²) >= 11 is 3.47. The van der Waals surface area contributed by atoms with E-state index in [2.05, 4.69) is 31.6 Å². The van der Waals surface area contributed by atoms with Gasteiger partial charge in [0.25, 0.3) is 0 Å². The quantitative estimate of drug-likeness (QED) is 0.884. The zero-order valence-corrected chi connectivity index (χ0v) is 14.7. The van der Waals surface area contributed by atoms with Gasteiger partial charge in [-0.25, -0.2) is 18.1 Å². The summed E-state index contributed by atoms with van der Waals surface area (Å²) in [5, 5.41) is 1.11. The SMILES string of the molecule is CS(=O)(=O)NC1CCN(c2ccc3ccc(Br)cc3n2)CC1. The predicted octanol–water partition coefficient (Wildman–Crippen LogP) is 2.52. The van der Waals surface area contributed by atoms with Crippen LogP contribution in [0.2, 0.25) is 0 Å². The molecule has 2 aromatic rings. The lowest BCUT2D eigenvalue weighted by Crippen LogP contribution is -2.44. The zero-order valence-electron chi connectivity index (χ0n) is 12.3. The van der Waals surface area contributed by atoms with Crippen molar-refractivity contribution < 1.29 is 8.42 Å². The summed E-state index contributed by atoms with van der Waals surface area (Å²) in [6.45, 7) is 1.61. The van der Waals surface area contributed by atoms with Gasteiger partial charge >= 0.3 is 0 Å². The van der Waals surface area contributed by atoms with E-state index in [1.807, 2.05) is 24.3 Å². The Morgan fingerprint density at radius 3 is 2.59 bits per heavy atom. The lowest BCUT2D eigenvalue weighted by Gasteiger charge is -2.32. The summed E-state index contributed by atoms with van der Waals surface area (Å²) < 4.78 is 26.3. The molecule has 2 heterocycles. The number of sulfonamides is 1. The van der Waals surface area contributed by atoms with E-state index in [1.54, 1.807) is 0 Å². The molecule has 22 heavy (non-hydrogen) atoms. The number of nitrogens with one attached hydrogen (secondary N) is 1. The predicted molar refractivity (Wildman–Crippen MR) is 92.7 cm³/mol. The highest BCUT2D eigenvalue weighted by atomic mass is 79.9. The Bertz CT molecular complexity index is 786. The van der Waals surface area contributed by atoms with Crippen molar-refractivity contribution >= 4 is 42.7 Å². The minimum atomic E-state index is -3.13. The molecule has 1 N–H and O–H groups in total. The summed E-state index contributed by atoms with van der Waals surface area (Å²) in [6.07, 6.45) is 2.80. The second kappa shape index (κ2) is 6.14. The number of hydrogen-bond donors (Lipinski definition) is 1. The molecule has 1 aliphatic rings. The van der Waals surface area contributed by atoms with E-state index < -0.39 is 10.0 Å². The van der Waals surface area contributed by atoms with Crippen LogP contribution in [-0.2, 0) is 10.0 Å². The summed E-state index contributed by atoms with van der Waals surface area (Å²) in [4.78, 5) is 6.93. The summed E-state index contributed by atoms with van der Waals surface area (Å²) in [5.41, 5.74) is 0.961. The molecule has 1 aliphatic heterocycles. The molecule has 1 saturated heterocycles. The summed E-state index contributed by atoms with van der Waals surface area (Å²) in [6, 6.07) is 10.2. The molecule has 1 fully saturated rings. The Balaban J connectivity index is 1.73. The van der Waals surface area contributed by atoms with Gasteiger partial charge in [-0.1, -0.05) is 22.0 Å². The number of pyridine rings is 1. The monoisotopic (exact) mass is 383 g/mol. The van der Waals surface area contributed by atoms with Gasteiger partial charge in [0.1, 0.15) is 5.82 Å². The maximum absolute atomic E-state index is 11.3. The van der Waals surface area contributed by atoms with Crippen LogP contribution in [0.5, 0.6) is 0 Å². The first-order valence-corrected chi connectivity index (χ1v) is 9.88. The molecule has 0 unspecified atom stereocenters. The number of fused-ring (bicyclic) bond motifs is 1. The standard InChI is InChI=1S/C15H18BrN3O2S/c1-22(20,21)18-13-6-8-19(9-7-13)15-5-3-11-2-4-12(16)10-14(11)17-15/h2-5,10,13,18H,6-9H2,1H3. The fourth-order valence-electron chi connectivity index (χ4n) is 2.78. The molecule has 0 amide bonds. The zero-order chi connectivity index (χ0) is 15.7. The Kier molecular flexibility index (Phi) is 4.38. The van der Waals surface area contributed by atoms with Gasteiger partial charge in [-0.2, -0.15) is 0 Å². The van der Waals surface area contributed by atoms with Crippen LogP contribution in [0.1, 0.15) is 12.8 Å². The van der Waals surface area contributed by atoms with E-state index in [1.165, 1.54) is 6.26 Å². The lowest BCUT2D eigenvalue weighted by molar-refractivity contribution is 0.460. The highest BCUT2D eigenvalue weighted by Gasteiger charge is 2.22. The van der Waals surface area contributed by atoms with Gasteiger partial charge in [-0.05, 0) is 37.1 Å². The fourth-order valence-corrected chi connectivity index (χ4v) is 3.98. The molecule has 1 aromatic heterocycles. The topological polar surface area (TPSA) is 62.3 Å².